The van der Waals surface area contributed by atoms with E-state index in [-0.39, 0.29) is 21.7 Å². The molecular formula is C7H12INO2. The molecule has 0 spiro atoms. The number of amides is 2. The van der Waals surface area contributed by atoms with Crippen molar-refractivity contribution in [1.29, 1.82) is 0 Å². The number of hydrogen-bond acceptors (Lipinski definition) is 2. The Morgan fingerprint density at radius 3 is 2.09 bits per heavy atom. The van der Waals surface area contributed by atoms with Gasteiger partial charge in [0.2, 0.25) is 11.8 Å². The molecule has 0 bridgehead atoms. The number of nitrogens with one attached hydrogen (secondary N) is 1. The Bertz CT molecular complexity index is 168. The van der Waals surface area contributed by atoms with Crippen molar-refractivity contribution in [2.45, 2.75) is 24.7 Å². The van der Waals surface area contributed by atoms with Crippen molar-refractivity contribution in [1.82, 2.24) is 5.32 Å². The van der Waals surface area contributed by atoms with Crippen LogP contribution >= 0.6 is 22.6 Å². The first-order valence-electron chi connectivity index (χ1n) is 3.40. The van der Waals surface area contributed by atoms with Crippen molar-refractivity contribution < 1.29 is 9.59 Å². The monoisotopic (exact) mass is 269 g/mol. The number of imide groups is 1. The largest absolute Gasteiger partial charge is 0.296 e. The van der Waals surface area contributed by atoms with Crippen LogP contribution in [0.2, 0.25) is 0 Å². The second-order valence-electron chi connectivity index (χ2n) is 2.69. The van der Waals surface area contributed by atoms with E-state index in [1.807, 2.05) is 36.4 Å². The molecule has 0 aromatic heterocycles. The fraction of sp³-hybridized carbons (Fsp3) is 0.714. The van der Waals surface area contributed by atoms with Gasteiger partial charge in [-0.15, -0.1) is 0 Å². The molecule has 2 amide bonds. The molecular weight excluding hydrogens is 257 g/mol. The maximum Gasteiger partial charge on any atom is 0.239 e. The molecule has 0 saturated heterocycles. The highest BCUT2D eigenvalue weighted by Gasteiger charge is 2.18. The van der Waals surface area contributed by atoms with Crippen LogP contribution in [-0.4, -0.2) is 15.7 Å². The molecule has 0 aliphatic rings. The average Bonchev–Trinajstić information content (AvgIpc) is 1.84. The van der Waals surface area contributed by atoms with Gasteiger partial charge in [0.15, 0.2) is 0 Å². The summed E-state index contributed by atoms with van der Waals surface area (Å²) >= 11 is 2.03. The molecule has 1 unspecified atom stereocenters. The van der Waals surface area contributed by atoms with E-state index in [0.29, 0.717) is 0 Å². The SMILES string of the molecule is CC(=O)NC(=O)C(I)C(C)C. The summed E-state index contributed by atoms with van der Waals surface area (Å²) < 4.78 is -0.128. The minimum Gasteiger partial charge on any atom is -0.296 e. The zero-order chi connectivity index (χ0) is 9.02. The molecule has 0 heterocycles. The van der Waals surface area contributed by atoms with E-state index >= 15 is 0 Å². The Balaban J connectivity index is 3.93. The van der Waals surface area contributed by atoms with Gasteiger partial charge in [0.05, 0.1) is 3.92 Å². The fourth-order valence-electron chi connectivity index (χ4n) is 0.545. The number of rotatable bonds is 2. The van der Waals surface area contributed by atoms with Crippen molar-refractivity contribution in [2.24, 2.45) is 5.92 Å². The summed E-state index contributed by atoms with van der Waals surface area (Å²) in [7, 11) is 0. The standard InChI is InChI=1S/C7H12INO2/c1-4(2)6(8)7(11)9-5(3)10/h4,6H,1-3H3,(H,9,10,11). The molecule has 4 heteroatoms. The molecule has 0 fully saturated rings. The van der Waals surface area contributed by atoms with Gasteiger partial charge in [0.25, 0.3) is 0 Å². The summed E-state index contributed by atoms with van der Waals surface area (Å²) in [5.41, 5.74) is 0. The van der Waals surface area contributed by atoms with Gasteiger partial charge in [0.1, 0.15) is 0 Å². The van der Waals surface area contributed by atoms with Crippen LogP contribution in [0, 0.1) is 5.92 Å². The molecule has 1 N–H and O–H groups in total. The van der Waals surface area contributed by atoms with E-state index in [4.69, 9.17) is 0 Å². The van der Waals surface area contributed by atoms with Crippen LogP contribution in [0.15, 0.2) is 0 Å². The second kappa shape index (κ2) is 4.69. The lowest BCUT2D eigenvalue weighted by atomic mass is 10.1. The van der Waals surface area contributed by atoms with Gasteiger partial charge in [-0.2, -0.15) is 0 Å². The van der Waals surface area contributed by atoms with Gasteiger partial charge in [-0.25, -0.2) is 0 Å². The second-order valence-corrected chi connectivity index (χ2v) is 4.03. The van der Waals surface area contributed by atoms with Crippen LogP contribution < -0.4 is 5.32 Å². The zero-order valence-corrected chi connectivity index (χ0v) is 9.01. The number of halogens is 1. The Morgan fingerprint density at radius 1 is 1.36 bits per heavy atom. The Kier molecular flexibility index (Phi) is 4.63. The quantitative estimate of drug-likeness (QED) is 0.603. The lowest BCUT2D eigenvalue weighted by Crippen LogP contribution is -2.36. The van der Waals surface area contributed by atoms with Crippen LogP contribution in [-0.2, 0) is 9.59 Å². The normalized spacial score (nSPS) is 12.8. The molecule has 0 aromatic rings. The van der Waals surface area contributed by atoms with Crippen LogP contribution in [0.3, 0.4) is 0 Å². The van der Waals surface area contributed by atoms with Gasteiger partial charge in [0, 0.05) is 6.92 Å². The maximum atomic E-state index is 11.1. The molecule has 0 aliphatic carbocycles. The van der Waals surface area contributed by atoms with Crippen LogP contribution in [0.4, 0.5) is 0 Å². The van der Waals surface area contributed by atoms with Gasteiger partial charge in [-0.05, 0) is 5.92 Å². The van der Waals surface area contributed by atoms with Crippen LogP contribution in [0.5, 0.6) is 0 Å². The number of carbonyl (C=O) groups is 2. The summed E-state index contributed by atoms with van der Waals surface area (Å²) in [6.45, 7) is 5.22. The molecule has 3 nitrogen and oxygen atoms in total. The van der Waals surface area contributed by atoms with E-state index in [1.165, 1.54) is 6.92 Å². The number of alkyl halides is 1. The highest BCUT2D eigenvalue weighted by atomic mass is 127. The summed E-state index contributed by atoms with van der Waals surface area (Å²) in [5, 5.41) is 2.24. The predicted octanol–water partition coefficient (Wildman–Crippen LogP) is 1.11. The van der Waals surface area contributed by atoms with Gasteiger partial charge >= 0.3 is 0 Å². The van der Waals surface area contributed by atoms with E-state index in [0.717, 1.165) is 0 Å². The molecule has 0 aliphatic heterocycles. The first-order chi connectivity index (χ1) is 4.95. The topological polar surface area (TPSA) is 46.2 Å². The lowest BCUT2D eigenvalue weighted by molar-refractivity contribution is -0.129. The summed E-state index contributed by atoms with van der Waals surface area (Å²) in [6.07, 6.45) is 0. The lowest BCUT2D eigenvalue weighted by Gasteiger charge is -2.11. The van der Waals surface area contributed by atoms with E-state index < -0.39 is 0 Å². The molecule has 64 valence electrons. The fourth-order valence-corrected chi connectivity index (χ4v) is 0.701. The van der Waals surface area contributed by atoms with E-state index in [2.05, 4.69) is 5.32 Å². The van der Waals surface area contributed by atoms with Crippen LogP contribution in [0.25, 0.3) is 0 Å². The molecule has 0 radical (unpaired) electrons. The smallest absolute Gasteiger partial charge is 0.239 e. The van der Waals surface area contributed by atoms with Gasteiger partial charge < -0.3 is 0 Å². The summed E-state index contributed by atoms with van der Waals surface area (Å²) in [4.78, 5) is 21.5. The van der Waals surface area contributed by atoms with E-state index in [1.54, 1.807) is 0 Å². The summed E-state index contributed by atoms with van der Waals surface area (Å²) in [5.74, 6) is -0.236. The third-order valence-electron chi connectivity index (χ3n) is 1.14. The number of carbonyl (C=O) groups excluding carboxylic acids is 2. The first-order valence-corrected chi connectivity index (χ1v) is 4.65. The minimum absolute atomic E-state index is 0.128. The third-order valence-corrected chi connectivity index (χ3v) is 3.14. The summed E-state index contributed by atoms with van der Waals surface area (Å²) in [6, 6.07) is 0. The maximum absolute atomic E-state index is 11.1. The van der Waals surface area contributed by atoms with Crippen molar-refractivity contribution in [2.75, 3.05) is 0 Å². The zero-order valence-electron chi connectivity index (χ0n) is 6.85. The molecule has 0 rings (SSSR count). The Labute approximate surface area is 80.1 Å². The molecule has 0 saturated carbocycles. The van der Waals surface area contributed by atoms with Gasteiger partial charge in [-0.3, -0.25) is 14.9 Å². The number of hydrogen-bond donors (Lipinski definition) is 1. The van der Waals surface area contributed by atoms with Crippen molar-refractivity contribution >= 4 is 34.4 Å². The van der Waals surface area contributed by atoms with Crippen LogP contribution in [0.1, 0.15) is 20.8 Å². The van der Waals surface area contributed by atoms with E-state index in [9.17, 15) is 9.59 Å². The third kappa shape index (κ3) is 4.34. The first kappa shape index (κ1) is 10.9. The Hall–Kier alpha value is -0.130. The van der Waals surface area contributed by atoms with Crippen molar-refractivity contribution in [3.63, 3.8) is 0 Å². The Morgan fingerprint density at radius 2 is 1.82 bits per heavy atom. The highest BCUT2D eigenvalue weighted by Crippen LogP contribution is 2.11. The average molecular weight is 269 g/mol. The highest BCUT2D eigenvalue weighted by molar-refractivity contribution is 14.1. The van der Waals surface area contributed by atoms with Gasteiger partial charge in [-0.1, -0.05) is 36.4 Å². The van der Waals surface area contributed by atoms with Crippen molar-refractivity contribution in [3.8, 4) is 0 Å². The molecule has 11 heavy (non-hydrogen) atoms. The van der Waals surface area contributed by atoms with Crippen molar-refractivity contribution in [3.05, 3.63) is 0 Å². The molecule has 0 aromatic carbocycles. The minimum atomic E-state index is -0.294. The molecule has 1 atom stereocenters. The predicted molar refractivity (Wildman–Crippen MR) is 51.5 cm³/mol.